The molecule has 5 heteroatoms. The van der Waals surface area contributed by atoms with E-state index in [1.165, 1.54) is 0 Å². The van der Waals surface area contributed by atoms with Crippen molar-refractivity contribution < 1.29 is 10.1 Å². The fourth-order valence-corrected chi connectivity index (χ4v) is 2.95. The summed E-state index contributed by atoms with van der Waals surface area (Å²) in [4.78, 5) is 17.7. The van der Waals surface area contributed by atoms with Crippen molar-refractivity contribution in [3.05, 3.63) is 40.4 Å². The monoisotopic (exact) mass is 332 g/mol. The molecule has 1 aromatic heterocycles. The fourth-order valence-electron chi connectivity index (χ4n) is 2.95. The molecule has 0 spiro atoms. The van der Waals surface area contributed by atoms with Crippen molar-refractivity contribution in [3.63, 3.8) is 0 Å². The minimum Gasteiger partial charge on any atom is -0.383 e. The number of aromatic nitrogens is 2. The summed E-state index contributed by atoms with van der Waals surface area (Å²) in [5, 5.41) is 2.99. The van der Waals surface area contributed by atoms with Crippen LogP contribution in [0.4, 0.5) is 0 Å². The average Bonchev–Trinajstić information content (AvgIpc) is 2.58. The number of hydrogen-bond donors (Lipinski definition) is 1. The van der Waals surface area contributed by atoms with Gasteiger partial charge in [0.05, 0.1) is 30.6 Å². The number of fused-ring (bicyclic) bond motifs is 1. The van der Waals surface area contributed by atoms with Gasteiger partial charge in [0, 0.05) is 13.5 Å². The summed E-state index contributed by atoms with van der Waals surface area (Å²) in [6.45, 7) is 8.71. The van der Waals surface area contributed by atoms with Crippen molar-refractivity contribution in [1.29, 1.82) is 0 Å². The lowest BCUT2D eigenvalue weighted by Gasteiger charge is -2.19. The molecule has 0 fully saturated rings. The van der Waals surface area contributed by atoms with Gasteiger partial charge in [-0.3, -0.25) is 9.36 Å². The lowest BCUT2D eigenvalue weighted by molar-refractivity contribution is -0.698. The van der Waals surface area contributed by atoms with Crippen LogP contribution in [0.3, 0.4) is 0 Å². The molecule has 0 bridgehead atoms. The fraction of sp³-hybridized carbons (Fsp3) is 0.579. The van der Waals surface area contributed by atoms with Gasteiger partial charge in [-0.15, -0.1) is 0 Å². The Morgan fingerprint density at radius 3 is 2.71 bits per heavy atom. The number of methoxy groups -OCH3 is 1. The second kappa shape index (κ2) is 8.94. The Morgan fingerprint density at radius 2 is 2.04 bits per heavy atom. The quantitative estimate of drug-likeness (QED) is 0.765. The molecule has 132 valence electrons. The summed E-state index contributed by atoms with van der Waals surface area (Å²) in [7, 11) is 1.66. The Kier molecular flexibility index (Phi) is 6.94. The van der Waals surface area contributed by atoms with Gasteiger partial charge < -0.3 is 10.1 Å². The predicted molar refractivity (Wildman–Crippen MR) is 97.2 cm³/mol. The van der Waals surface area contributed by atoms with Crippen molar-refractivity contribution in [3.8, 4) is 0 Å². The molecule has 24 heavy (non-hydrogen) atoms. The SMILES string of the molecule is CC[C@@H]([NH2+]CCC(C)C)c1nc2ccccc2c(=O)n1CCOC. The second-order valence-corrected chi connectivity index (χ2v) is 6.66. The summed E-state index contributed by atoms with van der Waals surface area (Å²) in [5.74, 6) is 1.54. The van der Waals surface area contributed by atoms with Crippen LogP contribution in [-0.4, -0.2) is 29.8 Å². The molecule has 2 rings (SSSR count). The number of para-hydroxylation sites is 1. The van der Waals surface area contributed by atoms with Gasteiger partial charge in [0.25, 0.3) is 5.56 Å². The molecule has 0 unspecified atom stereocenters. The van der Waals surface area contributed by atoms with Gasteiger partial charge >= 0.3 is 0 Å². The normalized spacial score (nSPS) is 12.9. The van der Waals surface area contributed by atoms with Crippen LogP contribution in [0.25, 0.3) is 10.9 Å². The lowest BCUT2D eigenvalue weighted by Crippen LogP contribution is -2.85. The van der Waals surface area contributed by atoms with Crippen molar-refractivity contribution in [2.45, 2.75) is 46.2 Å². The van der Waals surface area contributed by atoms with E-state index in [1.807, 2.05) is 24.3 Å². The summed E-state index contributed by atoms with van der Waals surface area (Å²) < 4.78 is 6.99. The van der Waals surface area contributed by atoms with E-state index in [2.05, 4.69) is 26.1 Å². The highest BCUT2D eigenvalue weighted by Crippen LogP contribution is 2.14. The molecule has 2 N–H and O–H groups in total. The van der Waals surface area contributed by atoms with Crippen LogP contribution in [0.1, 0.15) is 45.5 Å². The Labute approximate surface area is 144 Å². The zero-order valence-electron chi connectivity index (χ0n) is 15.3. The standard InChI is InChI=1S/C19H29N3O2/c1-5-16(20-11-10-14(2)3)18-21-17-9-7-6-8-15(17)19(23)22(18)12-13-24-4/h6-9,14,16,20H,5,10-13H2,1-4H3/p+1/t16-/m1/s1. The topological polar surface area (TPSA) is 60.7 Å². The third-order valence-corrected chi connectivity index (χ3v) is 4.38. The van der Waals surface area contributed by atoms with E-state index in [9.17, 15) is 4.79 Å². The average molecular weight is 332 g/mol. The van der Waals surface area contributed by atoms with Crippen LogP contribution in [0, 0.1) is 5.92 Å². The van der Waals surface area contributed by atoms with Gasteiger partial charge in [-0.2, -0.15) is 0 Å². The highest BCUT2D eigenvalue weighted by molar-refractivity contribution is 5.77. The van der Waals surface area contributed by atoms with Gasteiger partial charge in [-0.25, -0.2) is 4.98 Å². The molecule has 0 saturated heterocycles. The minimum atomic E-state index is 0.0309. The second-order valence-electron chi connectivity index (χ2n) is 6.66. The van der Waals surface area contributed by atoms with Crippen LogP contribution >= 0.6 is 0 Å². The number of nitrogens with two attached hydrogens (primary N) is 1. The van der Waals surface area contributed by atoms with Crippen LogP contribution in [0.5, 0.6) is 0 Å². The zero-order chi connectivity index (χ0) is 17.5. The van der Waals surface area contributed by atoms with Crippen molar-refractivity contribution in [2.24, 2.45) is 5.92 Å². The maximum absolute atomic E-state index is 12.9. The predicted octanol–water partition coefficient (Wildman–Crippen LogP) is 2.10. The molecule has 0 amide bonds. The summed E-state index contributed by atoms with van der Waals surface area (Å²) >= 11 is 0. The van der Waals surface area contributed by atoms with Gasteiger partial charge in [0.15, 0.2) is 5.82 Å². The maximum atomic E-state index is 12.9. The van der Waals surface area contributed by atoms with E-state index in [0.29, 0.717) is 24.5 Å². The smallest absolute Gasteiger partial charge is 0.261 e. The van der Waals surface area contributed by atoms with Crippen LogP contribution in [0.15, 0.2) is 29.1 Å². The Balaban J connectivity index is 2.42. The number of hydrogen-bond acceptors (Lipinski definition) is 3. The van der Waals surface area contributed by atoms with Crippen molar-refractivity contribution >= 4 is 10.9 Å². The first-order valence-corrected chi connectivity index (χ1v) is 8.90. The molecular weight excluding hydrogens is 302 g/mol. The van der Waals surface area contributed by atoms with Crippen molar-refractivity contribution in [2.75, 3.05) is 20.3 Å². The Hall–Kier alpha value is -1.72. The van der Waals surface area contributed by atoms with Crippen molar-refractivity contribution in [1.82, 2.24) is 9.55 Å². The van der Waals surface area contributed by atoms with Crippen LogP contribution < -0.4 is 10.9 Å². The van der Waals surface area contributed by atoms with E-state index in [-0.39, 0.29) is 11.6 Å². The molecular formula is C19H30N3O2+. The highest BCUT2D eigenvalue weighted by Gasteiger charge is 2.21. The van der Waals surface area contributed by atoms with E-state index >= 15 is 0 Å². The van der Waals surface area contributed by atoms with Gasteiger partial charge in [-0.05, 0) is 24.5 Å². The molecule has 0 radical (unpaired) electrons. The molecule has 0 aliphatic rings. The maximum Gasteiger partial charge on any atom is 0.261 e. The number of nitrogens with zero attached hydrogens (tertiary/aromatic N) is 2. The minimum absolute atomic E-state index is 0.0309. The molecule has 2 aromatic rings. The van der Waals surface area contributed by atoms with E-state index in [0.717, 1.165) is 30.7 Å². The first-order valence-electron chi connectivity index (χ1n) is 8.90. The van der Waals surface area contributed by atoms with Crippen LogP contribution in [-0.2, 0) is 11.3 Å². The number of ether oxygens (including phenoxy) is 1. The molecule has 1 aromatic carbocycles. The zero-order valence-corrected chi connectivity index (χ0v) is 15.3. The molecule has 0 aliphatic carbocycles. The number of benzene rings is 1. The third-order valence-electron chi connectivity index (χ3n) is 4.38. The third kappa shape index (κ3) is 4.42. The van der Waals surface area contributed by atoms with Gasteiger partial charge in [0.1, 0.15) is 6.04 Å². The van der Waals surface area contributed by atoms with E-state index in [1.54, 1.807) is 11.7 Å². The highest BCUT2D eigenvalue weighted by atomic mass is 16.5. The first-order chi connectivity index (χ1) is 11.6. The van der Waals surface area contributed by atoms with Gasteiger partial charge in [-0.1, -0.05) is 32.9 Å². The van der Waals surface area contributed by atoms with E-state index < -0.39 is 0 Å². The Bertz CT molecular complexity index is 709. The largest absolute Gasteiger partial charge is 0.383 e. The summed E-state index contributed by atoms with van der Waals surface area (Å²) in [6.07, 6.45) is 2.10. The molecule has 1 atom stereocenters. The first kappa shape index (κ1) is 18.6. The van der Waals surface area contributed by atoms with E-state index in [4.69, 9.17) is 9.72 Å². The molecule has 1 heterocycles. The summed E-state index contributed by atoms with van der Waals surface area (Å²) in [5.41, 5.74) is 0.810. The molecule has 5 nitrogen and oxygen atoms in total. The van der Waals surface area contributed by atoms with Crippen LogP contribution in [0.2, 0.25) is 0 Å². The molecule has 0 aliphatic heterocycles. The number of rotatable bonds is 9. The molecule has 0 saturated carbocycles. The lowest BCUT2D eigenvalue weighted by atomic mass is 10.1. The summed E-state index contributed by atoms with van der Waals surface area (Å²) in [6, 6.07) is 7.78. The Morgan fingerprint density at radius 1 is 1.29 bits per heavy atom. The van der Waals surface area contributed by atoms with Gasteiger partial charge in [0.2, 0.25) is 0 Å². The number of quaternary nitrogens is 1.